The highest BCUT2D eigenvalue weighted by Gasteiger charge is 2.27. The van der Waals surface area contributed by atoms with Crippen molar-refractivity contribution in [2.75, 3.05) is 5.32 Å². The van der Waals surface area contributed by atoms with Crippen molar-refractivity contribution in [1.29, 1.82) is 0 Å². The van der Waals surface area contributed by atoms with Gasteiger partial charge >= 0.3 is 5.97 Å². The van der Waals surface area contributed by atoms with E-state index in [2.05, 4.69) is 5.32 Å². The average molecular weight is 409 g/mol. The zero-order valence-corrected chi connectivity index (χ0v) is 16.6. The molecular formula is C23H20FNO3S. The third-order valence-electron chi connectivity index (χ3n) is 4.09. The van der Waals surface area contributed by atoms with Gasteiger partial charge in [0.15, 0.2) is 6.10 Å². The highest BCUT2D eigenvalue weighted by atomic mass is 32.2. The van der Waals surface area contributed by atoms with E-state index in [-0.39, 0.29) is 0 Å². The zero-order valence-electron chi connectivity index (χ0n) is 15.7. The number of thioether (sulfide) groups is 1. The van der Waals surface area contributed by atoms with Gasteiger partial charge in [-0.2, -0.15) is 0 Å². The number of carbonyl (C=O) groups is 2. The predicted molar refractivity (Wildman–Crippen MR) is 112 cm³/mol. The second-order valence-electron chi connectivity index (χ2n) is 6.30. The Morgan fingerprint density at radius 2 is 1.48 bits per heavy atom. The average Bonchev–Trinajstić information content (AvgIpc) is 2.75. The second-order valence-corrected chi connectivity index (χ2v) is 7.48. The van der Waals surface area contributed by atoms with Crippen molar-refractivity contribution in [2.45, 2.75) is 23.2 Å². The Morgan fingerprint density at radius 3 is 2.10 bits per heavy atom. The molecule has 1 N–H and O–H groups in total. The first-order chi connectivity index (χ1) is 14.0. The van der Waals surface area contributed by atoms with Crippen LogP contribution in [0.2, 0.25) is 0 Å². The predicted octanol–water partition coefficient (Wildman–Crippen LogP) is 5.23. The fourth-order valence-electron chi connectivity index (χ4n) is 2.58. The highest BCUT2D eigenvalue weighted by Crippen LogP contribution is 2.36. The van der Waals surface area contributed by atoms with E-state index in [1.807, 2.05) is 60.7 Å². The summed E-state index contributed by atoms with van der Waals surface area (Å²) in [5, 5.41) is 2.00. The lowest BCUT2D eigenvalue weighted by atomic mass is 10.1. The van der Waals surface area contributed by atoms with Crippen LogP contribution in [0.3, 0.4) is 0 Å². The number of amides is 1. The summed E-state index contributed by atoms with van der Waals surface area (Å²) in [5.74, 6) is -1.39. The molecule has 0 saturated carbocycles. The Hall–Kier alpha value is -3.12. The number of hydrogen-bond acceptors (Lipinski definition) is 4. The maximum absolute atomic E-state index is 13.0. The van der Waals surface area contributed by atoms with Crippen molar-refractivity contribution in [2.24, 2.45) is 0 Å². The van der Waals surface area contributed by atoms with Gasteiger partial charge in [-0.25, -0.2) is 4.39 Å². The summed E-state index contributed by atoms with van der Waals surface area (Å²) in [6.45, 7) is 1.51. The van der Waals surface area contributed by atoms with Crippen LogP contribution in [0.25, 0.3) is 0 Å². The quantitative estimate of drug-likeness (QED) is 0.429. The first kappa shape index (κ1) is 20.6. The van der Waals surface area contributed by atoms with E-state index in [0.717, 1.165) is 10.5 Å². The minimum Gasteiger partial charge on any atom is -0.451 e. The van der Waals surface area contributed by atoms with Crippen LogP contribution in [0.4, 0.5) is 10.1 Å². The summed E-state index contributed by atoms with van der Waals surface area (Å²) >= 11 is 1.36. The van der Waals surface area contributed by atoms with Crippen LogP contribution in [0.5, 0.6) is 0 Å². The molecule has 0 spiro atoms. The van der Waals surface area contributed by atoms with Gasteiger partial charge in [-0.1, -0.05) is 48.5 Å². The molecule has 0 fully saturated rings. The van der Waals surface area contributed by atoms with Crippen molar-refractivity contribution in [3.63, 3.8) is 0 Å². The van der Waals surface area contributed by atoms with Crippen LogP contribution >= 0.6 is 11.8 Å². The van der Waals surface area contributed by atoms with Gasteiger partial charge < -0.3 is 10.1 Å². The number of hydrogen-bond donors (Lipinski definition) is 1. The van der Waals surface area contributed by atoms with E-state index < -0.39 is 29.0 Å². The molecule has 0 aliphatic carbocycles. The minimum absolute atomic E-state index is 0.397. The fourth-order valence-corrected chi connectivity index (χ4v) is 3.61. The molecule has 0 heterocycles. The van der Waals surface area contributed by atoms with E-state index in [1.54, 1.807) is 0 Å². The molecule has 0 aliphatic heterocycles. The molecule has 0 unspecified atom stereocenters. The van der Waals surface area contributed by atoms with Gasteiger partial charge in [0, 0.05) is 10.6 Å². The number of halogens is 1. The number of benzene rings is 3. The molecule has 29 heavy (non-hydrogen) atoms. The highest BCUT2D eigenvalue weighted by molar-refractivity contribution is 8.00. The number of ether oxygens (including phenoxy) is 1. The summed E-state index contributed by atoms with van der Waals surface area (Å²) in [7, 11) is 0. The van der Waals surface area contributed by atoms with Gasteiger partial charge in [0.1, 0.15) is 11.1 Å². The van der Waals surface area contributed by atoms with Gasteiger partial charge in [0.2, 0.25) is 0 Å². The molecule has 3 aromatic carbocycles. The molecule has 3 aromatic rings. The first-order valence-corrected chi connectivity index (χ1v) is 9.94. The molecule has 0 bridgehead atoms. The first-order valence-electron chi connectivity index (χ1n) is 9.06. The Kier molecular flexibility index (Phi) is 7.03. The van der Waals surface area contributed by atoms with E-state index in [0.29, 0.717) is 5.69 Å². The van der Waals surface area contributed by atoms with Crippen molar-refractivity contribution in [3.05, 3.63) is 96.3 Å². The van der Waals surface area contributed by atoms with Crippen LogP contribution in [0, 0.1) is 5.82 Å². The molecule has 0 saturated heterocycles. The SMILES string of the molecule is C[C@@H](OC(=O)[C@H](Sc1ccccc1)c1ccccc1)C(=O)Nc1ccc(F)cc1. The summed E-state index contributed by atoms with van der Waals surface area (Å²) in [6.07, 6.45) is -1.00. The summed E-state index contributed by atoms with van der Waals surface area (Å²) in [4.78, 5) is 26.2. The Labute approximate surface area is 173 Å². The lowest BCUT2D eigenvalue weighted by Crippen LogP contribution is -2.31. The fraction of sp³-hybridized carbons (Fsp3) is 0.130. The van der Waals surface area contributed by atoms with E-state index in [1.165, 1.54) is 43.0 Å². The number of carbonyl (C=O) groups excluding carboxylic acids is 2. The minimum atomic E-state index is -1.00. The Bertz CT molecular complexity index is 949. The normalized spacial score (nSPS) is 12.6. The zero-order chi connectivity index (χ0) is 20.6. The van der Waals surface area contributed by atoms with Gasteiger partial charge in [0.05, 0.1) is 0 Å². The maximum atomic E-state index is 13.0. The molecule has 2 atom stereocenters. The van der Waals surface area contributed by atoms with Gasteiger partial charge in [-0.15, -0.1) is 11.8 Å². The summed E-state index contributed by atoms with van der Waals surface area (Å²) in [6, 6.07) is 24.2. The monoisotopic (exact) mass is 409 g/mol. The topological polar surface area (TPSA) is 55.4 Å². The lowest BCUT2D eigenvalue weighted by Gasteiger charge is -2.19. The molecule has 148 valence electrons. The van der Waals surface area contributed by atoms with Crippen LogP contribution in [-0.2, 0) is 14.3 Å². The largest absolute Gasteiger partial charge is 0.451 e. The molecule has 1 amide bonds. The van der Waals surface area contributed by atoms with E-state index in [9.17, 15) is 14.0 Å². The number of nitrogens with one attached hydrogen (secondary N) is 1. The number of anilines is 1. The lowest BCUT2D eigenvalue weighted by molar-refractivity contribution is -0.152. The van der Waals surface area contributed by atoms with Crippen molar-refractivity contribution < 1.29 is 18.7 Å². The van der Waals surface area contributed by atoms with E-state index >= 15 is 0 Å². The third-order valence-corrected chi connectivity index (χ3v) is 5.33. The van der Waals surface area contributed by atoms with E-state index in [4.69, 9.17) is 4.74 Å². The standard InChI is InChI=1S/C23H20FNO3S/c1-16(22(26)25-19-14-12-18(24)13-15-19)28-23(27)21(17-8-4-2-5-9-17)29-20-10-6-3-7-11-20/h2-16,21H,1H3,(H,25,26)/t16-,21-/m1/s1. The van der Waals surface area contributed by atoms with Gasteiger partial charge in [-0.05, 0) is 48.9 Å². The van der Waals surface area contributed by atoms with Gasteiger partial charge in [0.25, 0.3) is 5.91 Å². The molecule has 0 radical (unpaired) electrons. The smallest absolute Gasteiger partial charge is 0.324 e. The summed E-state index contributed by atoms with van der Waals surface area (Å²) < 4.78 is 18.5. The van der Waals surface area contributed by atoms with Crippen molar-refractivity contribution in [1.82, 2.24) is 0 Å². The summed E-state index contributed by atoms with van der Waals surface area (Å²) in [5.41, 5.74) is 1.22. The Morgan fingerprint density at radius 1 is 0.897 bits per heavy atom. The molecule has 4 nitrogen and oxygen atoms in total. The third kappa shape index (κ3) is 5.93. The number of rotatable bonds is 7. The molecule has 6 heteroatoms. The van der Waals surface area contributed by atoms with Crippen LogP contribution in [0.1, 0.15) is 17.7 Å². The second kappa shape index (κ2) is 9.89. The Balaban J connectivity index is 1.70. The molecule has 0 aromatic heterocycles. The van der Waals surface area contributed by atoms with Gasteiger partial charge in [-0.3, -0.25) is 9.59 Å². The number of esters is 1. The van der Waals surface area contributed by atoms with Crippen molar-refractivity contribution >= 4 is 29.3 Å². The molecule has 0 aliphatic rings. The van der Waals surface area contributed by atoms with Crippen LogP contribution < -0.4 is 5.32 Å². The van der Waals surface area contributed by atoms with Crippen LogP contribution in [0.15, 0.2) is 89.8 Å². The van der Waals surface area contributed by atoms with Crippen LogP contribution in [-0.4, -0.2) is 18.0 Å². The maximum Gasteiger partial charge on any atom is 0.324 e. The van der Waals surface area contributed by atoms with Crippen molar-refractivity contribution in [3.8, 4) is 0 Å². The molecular weight excluding hydrogens is 389 g/mol. The molecule has 3 rings (SSSR count).